The number of benzene rings is 2. The van der Waals surface area contributed by atoms with Crippen molar-refractivity contribution < 1.29 is 19.4 Å². The van der Waals surface area contributed by atoms with Crippen molar-refractivity contribution in [2.75, 3.05) is 6.54 Å². The molecule has 2 heterocycles. The third-order valence-corrected chi connectivity index (χ3v) is 5.62. The molecule has 0 radical (unpaired) electrons. The third-order valence-electron chi connectivity index (χ3n) is 5.62. The molecular formula is C23H23NO4. The van der Waals surface area contributed by atoms with Crippen molar-refractivity contribution in [2.45, 2.75) is 24.5 Å². The van der Waals surface area contributed by atoms with Crippen LogP contribution in [0.3, 0.4) is 0 Å². The zero-order valence-corrected chi connectivity index (χ0v) is 15.4. The van der Waals surface area contributed by atoms with Crippen molar-refractivity contribution in [3.63, 3.8) is 0 Å². The van der Waals surface area contributed by atoms with Crippen LogP contribution in [0, 0.1) is 11.8 Å². The molecule has 4 rings (SSSR count). The number of ether oxygens (including phenoxy) is 1. The molecule has 5 heteroatoms. The number of rotatable bonds is 7. The molecule has 0 spiro atoms. The van der Waals surface area contributed by atoms with Crippen molar-refractivity contribution in [3.8, 4) is 0 Å². The van der Waals surface area contributed by atoms with E-state index in [-0.39, 0.29) is 11.8 Å². The Hall–Kier alpha value is -2.92. The minimum atomic E-state index is -0.983. The summed E-state index contributed by atoms with van der Waals surface area (Å²) in [5.74, 6) is -2.55. The van der Waals surface area contributed by atoms with E-state index in [1.54, 1.807) is 12.2 Å². The highest BCUT2D eigenvalue weighted by molar-refractivity contribution is 5.87. The molecule has 0 aromatic heterocycles. The molecule has 0 aliphatic carbocycles. The SMILES string of the molecule is O=C(NCCC(c1ccccc1)c1ccccc1)[C@@H]1[C@@H](C(=O)O)[C@H]2C=C[C@@H]1O2. The number of nitrogens with one attached hydrogen (secondary N) is 1. The molecule has 0 saturated carbocycles. The molecular weight excluding hydrogens is 354 g/mol. The number of carboxylic acid groups (broad SMARTS) is 1. The minimum Gasteiger partial charge on any atom is -0.481 e. The van der Waals surface area contributed by atoms with Gasteiger partial charge in [-0.15, -0.1) is 0 Å². The summed E-state index contributed by atoms with van der Waals surface area (Å²) >= 11 is 0. The normalized spacial score (nSPS) is 25.2. The fourth-order valence-electron chi connectivity index (χ4n) is 4.27. The van der Waals surface area contributed by atoms with Gasteiger partial charge in [-0.25, -0.2) is 0 Å². The maximum atomic E-state index is 12.7. The summed E-state index contributed by atoms with van der Waals surface area (Å²) in [7, 11) is 0. The van der Waals surface area contributed by atoms with Gasteiger partial charge in [0.05, 0.1) is 18.1 Å². The molecule has 2 aliphatic heterocycles. The van der Waals surface area contributed by atoms with Crippen molar-refractivity contribution in [3.05, 3.63) is 83.9 Å². The van der Waals surface area contributed by atoms with Crippen LogP contribution in [0.5, 0.6) is 0 Å². The number of aliphatic carboxylic acids is 1. The van der Waals surface area contributed by atoms with Gasteiger partial charge in [-0.2, -0.15) is 0 Å². The average molecular weight is 377 g/mol. The van der Waals surface area contributed by atoms with Gasteiger partial charge in [0.2, 0.25) is 5.91 Å². The maximum absolute atomic E-state index is 12.7. The highest BCUT2D eigenvalue weighted by Crippen LogP contribution is 2.39. The quantitative estimate of drug-likeness (QED) is 0.728. The summed E-state index contributed by atoms with van der Waals surface area (Å²) < 4.78 is 5.59. The van der Waals surface area contributed by atoms with Crippen LogP contribution in [-0.4, -0.2) is 35.7 Å². The fourth-order valence-corrected chi connectivity index (χ4v) is 4.27. The Kier molecular flexibility index (Phi) is 5.26. The van der Waals surface area contributed by atoms with E-state index in [9.17, 15) is 14.7 Å². The van der Waals surface area contributed by atoms with Gasteiger partial charge in [-0.05, 0) is 17.5 Å². The molecule has 4 atom stereocenters. The van der Waals surface area contributed by atoms with Crippen LogP contribution >= 0.6 is 0 Å². The lowest BCUT2D eigenvalue weighted by Crippen LogP contribution is -2.42. The molecule has 2 aromatic rings. The van der Waals surface area contributed by atoms with Crippen molar-refractivity contribution in [1.82, 2.24) is 5.32 Å². The zero-order chi connectivity index (χ0) is 19.5. The number of carboxylic acids is 1. The molecule has 2 bridgehead atoms. The third kappa shape index (κ3) is 3.58. The van der Waals surface area contributed by atoms with Crippen LogP contribution in [0.15, 0.2) is 72.8 Å². The highest BCUT2D eigenvalue weighted by Gasteiger charge is 2.53. The van der Waals surface area contributed by atoms with Crippen LogP contribution in [-0.2, 0) is 14.3 Å². The van der Waals surface area contributed by atoms with Gasteiger partial charge in [-0.1, -0.05) is 72.8 Å². The number of carbonyl (C=O) groups is 2. The molecule has 1 amide bonds. The molecule has 2 N–H and O–H groups in total. The fraction of sp³-hybridized carbons (Fsp3) is 0.304. The Morgan fingerprint density at radius 1 is 0.893 bits per heavy atom. The number of amides is 1. The second-order valence-electron chi connectivity index (χ2n) is 7.29. The van der Waals surface area contributed by atoms with Crippen molar-refractivity contribution >= 4 is 11.9 Å². The maximum Gasteiger partial charge on any atom is 0.310 e. The van der Waals surface area contributed by atoms with E-state index >= 15 is 0 Å². The number of carbonyl (C=O) groups excluding carboxylic acids is 1. The van der Waals surface area contributed by atoms with Crippen LogP contribution in [0.4, 0.5) is 0 Å². The molecule has 2 aromatic carbocycles. The topological polar surface area (TPSA) is 75.6 Å². The second kappa shape index (κ2) is 7.98. The summed E-state index contributed by atoms with van der Waals surface area (Å²) in [4.78, 5) is 24.3. The first-order valence-electron chi connectivity index (χ1n) is 9.59. The van der Waals surface area contributed by atoms with Gasteiger partial charge < -0.3 is 15.2 Å². The molecule has 5 nitrogen and oxygen atoms in total. The lowest BCUT2D eigenvalue weighted by molar-refractivity contribution is -0.146. The monoisotopic (exact) mass is 377 g/mol. The zero-order valence-electron chi connectivity index (χ0n) is 15.4. The molecule has 0 unspecified atom stereocenters. The summed E-state index contributed by atoms with van der Waals surface area (Å²) in [6.45, 7) is 0.469. The Morgan fingerprint density at radius 3 is 1.96 bits per heavy atom. The predicted molar refractivity (Wildman–Crippen MR) is 105 cm³/mol. The number of hydrogen-bond donors (Lipinski definition) is 2. The molecule has 28 heavy (non-hydrogen) atoms. The van der Waals surface area contributed by atoms with Crippen LogP contribution < -0.4 is 5.32 Å². The largest absolute Gasteiger partial charge is 0.481 e. The summed E-state index contributed by atoms with van der Waals surface area (Å²) in [5, 5.41) is 12.4. The first-order chi connectivity index (χ1) is 13.6. The Morgan fingerprint density at radius 2 is 1.43 bits per heavy atom. The van der Waals surface area contributed by atoms with Gasteiger partial charge in [0.15, 0.2) is 0 Å². The smallest absolute Gasteiger partial charge is 0.310 e. The number of hydrogen-bond acceptors (Lipinski definition) is 3. The molecule has 144 valence electrons. The van der Waals surface area contributed by atoms with Gasteiger partial charge in [0.1, 0.15) is 5.92 Å². The molecule has 1 fully saturated rings. The van der Waals surface area contributed by atoms with E-state index < -0.39 is 30.0 Å². The minimum absolute atomic E-state index is 0.161. The highest BCUT2D eigenvalue weighted by atomic mass is 16.5. The first kappa shape index (κ1) is 18.4. The van der Waals surface area contributed by atoms with E-state index in [0.717, 1.165) is 6.42 Å². The molecule has 2 aliphatic rings. The van der Waals surface area contributed by atoms with Crippen LogP contribution in [0.25, 0.3) is 0 Å². The number of fused-ring (bicyclic) bond motifs is 2. The van der Waals surface area contributed by atoms with E-state index in [4.69, 9.17) is 4.74 Å². The lowest BCUT2D eigenvalue weighted by Gasteiger charge is -2.22. The molecule has 1 saturated heterocycles. The van der Waals surface area contributed by atoms with Gasteiger partial charge >= 0.3 is 5.97 Å². The Labute approximate surface area is 164 Å². The van der Waals surface area contributed by atoms with E-state index in [2.05, 4.69) is 29.6 Å². The van der Waals surface area contributed by atoms with Crippen LogP contribution in [0.2, 0.25) is 0 Å². The van der Waals surface area contributed by atoms with Gasteiger partial charge in [-0.3, -0.25) is 9.59 Å². The van der Waals surface area contributed by atoms with Gasteiger partial charge in [0.25, 0.3) is 0 Å². The van der Waals surface area contributed by atoms with Crippen molar-refractivity contribution in [2.24, 2.45) is 11.8 Å². The summed E-state index contributed by atoms with van der Waals surface area (Å²) in [6.07, 6.45) is 3.33. The Balaban J connectivity index is 1.43. The predicted octanol–water partition coefficient (Wildman–Crippen LogP) is 2.98. The van der Waals surface area contributed by atoms with Crippen molar-refractivity contribution in [1.29, 1.82) is 0 Å². The first-order valence-corrected chi connectivity index (χ1v) is 9.59. The van der Waals surface area contributed by atoms with E-state index in [1.807, 2.05) is 36.4 Å². The lowest BCUT2D eigenvalue weighted by atomic mass is 9.82. The average Bonchev–Trinajstić information content (AvgIpc) is 3.34. The Bertz CT molecular complexity index is 825. The second-order valence-corrected chi connectivity index (χ2v) is 7.29. The van der Waals surface area contributed by atoms with E-state index in [1.165, 1.54) is 11.1 Å². The standard InChI is InChI=1S/C23H23NO4/c25-22(20-18-11-12-19(28-18)21(20)23(26)27)24-14-13-17(15-7-3-1-4-8-15)16-9-5-2-6-10-16/h1-12,17-21H,13-14H2,(H,24,25)(H,26,27)/t18-,19+,20-,21-/m0/s1. The summed E-state index contributed by atoms with van der Waals surface area (Å²) in [6, 6.07) is 20.4. The summed E-state index contributed by atoms with van der Waals surface area (Å²) in [5.41, 5.74) is 2.38. The van der Waals surface area contributed by atoms with Gasteiger partial charge in [0, 0.05) is 12.5 Å². The van der Waals surface area contributed by atoms with E-state index in [0.29, 0.717) is 6.54 Å². The van der Waals surface area contributed by atoms with Crippen LogP contribution in [0.1, 0.15) is 23.5 Å².